The molecule has 0 saturated heterocycles. The van der Waals surface area contributed by atoms with Gasteiger partial charge in [-0.2, -0.15) is 0 Å². The van der Waals surface area contributed by atoms with Gasteiger partial charge < -0.3 is 0 Å². The largest absolute Gasteiger partial charge is 0.257 e. The van der Waals surface area contributed by atoms with Gasteiger partial charge in [-0.15, -0.1) is 0 Å². The van der Waals surface area contributed by atoms with Gasteiger partial charge in [0.25, 0.3) is 0 Å². The summed E-state index contributed by atoms with van der Waals surface area (Å²) in [5.74, 6) is 0. The van der Waals surface area contributed by atoms with Crippen LogP contribution in [0, 0.1) is 0 Å². The van der Waals surface area contributed by atoms with E-state index in [9.17, 15) is 0 Å². The van der Waals surface area contributed by atoms with Crippen LogP contribution in [-0.4, -0.2) is 5.71 Å². The van der Waals surface area contributed by atoms with Crippen molar-refractivity contribution in [2.24, 2.45) is 4.99 Å². The molecule has 0 amide bonds. The Morgan fingerprint density at radius 2 is 1.95 bits per heavy atom. The average molecular weight is 251 g/mol. The van der Waals surface area contributed by atoms with Gasteiger partial charge in [-0.05, 0) is 55.0 Å². The molecule has 1 heteroatoms. The van der Waals surface area contributed by atoms with Gasteiger partial charge in [-0.3, -0.25) is 4.99 Å². The van der Waals surface area contributed by atoms with Crippen LogP contribution in [0.4, 0.5) is 5.69 Å². The fourth-order valence-electron chi connectivity index (χ4n) is 3.40. The molecule has 1 aliphatic heterocycles. The summed E-state index contributed by atoms with van der Waals surface area (Å²) in [4.78, 5) is 4.76. The third kappa shape index (κ3) is 1.57. The Morgan fingerprint density at radius 1 is 1.21 bits per heavy atom. The number of benzene rings is 1. The van der Waals surface area contributed by atoms with Crippen molar-refractivity contribution in [2.75, 3.05) is 0 Å². The Hall–Kier alpha value is -1.63. The van der Waals surface area contributed by atoms with E-state index in [1.165, 1.54) is 39.2 Å². The molecular weight excluding hydrogens is 230 g/mol. The monoisotopic (exact) mass is 251 g/mol. The molecule has 1 aromatic carbocycles. The molecule has 0 fully saturated rings. The minimum absolute atomic E-state index is 0.0677. The summed E-state index contributed by atoms with van der Waals surface area (Å²) >= 11 is 0. The zero-order valence-electron chi connectivity index (χ0n) is 12.3. The summed E-state index contributed by atoms with van der Waals surface area (Å²) in [6.07, 6.45) is 4.28. The van der Waals surface area contributed by atoms with Gasteiger partial charge in [0.15, 0.2) is 0 Å². The van der Waals surface area contributed by atoms with Crippen molar-refractivity contribution >= 4 is 17.0 Å². The molecular formula is C18H21N. The summed E-state index contributed by atoms with van der Waals surface area (Å²) in [6, 6.07) is 4.40. The Labute approximate surface area is 115 Å². The van der Waals surface area contributed by atoms with Gasteiger partial charge in [-0.25, -0.2) is 0 Å². The number of nitrogens with zero attached hydrogens (tertiary/aromatic N) is 1. The lowest BCUT2D eigenvalue weighted by Gasteiger charge is -2.28. The SMILES string of the molecule is C=CC1=C(C)CCc2c1ccc1c2C(C)(C)C(C)=N1. The van der Waals surface area contributed by atoms with Crippen molar-refractivity contribution < 1.29 is 0 Å². The number of allylic oxidation sites excluding steroid dienone is 3. The highest BCUT2D eigenvalue weighted by Crippen LogP contribution is 2.46. The Kier molecular flexibility index (Phi) is 2.57. The average Bonchev–Trinajstić information content (AvgIpc) is 2.60. The first-order chi connectivity index (χ1) is 8.96. The molecule has 1 heterocycles. The zero-order valence-corrected chi connectivity index (χ0v) is 12.3. The quantitative estimate of drug-likeness (QED) is 0.667. The van der Waals surface area contributed by atoms with Gasteiger partial charge in [0.1, 0.15) is 0 Å². The Bertz CT molecular complexity index is 642. The molecule has 1 nitrogen and oxygen atoms in total. The van der Waals surface area contributed by atoms with E-state index in [1.54, 1.807) is 0 Å². The van der Waals surface area contributed by atoms with Crippen LogP contribution in [0.3, 0.4) is 0 Å². The predicted molar refractivity (Wildman–Crippen MR) is 83.3 cm³/mol. The molecule has 3 rings (SSSR count). The first-order valence-electron chi connectivity index (χ1n) is 7.01. The van der Waals surface area contributed by atoms with Crippen LogP contribution in [0.1, 0.15) is 50.8 Å². The summed E-state index contributed by atoms with van der Waals surface area (Å²) in [6.45, 7) is 12.9. The first-order valence-corrected chi connectivity index (χ1v) is 7.01. The Morgan fingerprint density at radius 3 is 2.63 bits per heavy atom. The number of rotatable bonds is 1. The second-order valence-corrected chi connectivity index (χ2v) is 6.21. The van der Waals surface area contributed by atoms with E-state index in [2.05, 4.69) is 46.4 Å². The standard InChI is InChI=1S/C18H21N/c1-6-13-11(2)7-8-15-14(13)9-10-16-17(15)18(4,5)12(3)19-16/h6,9-10H,1,7-8H2,2-5H3. The van der Waals surface area contributed by atoms with Crippen molar-refractivity contribution in [3.63, 3.8) is 0 Å². The van der Waals surface area contributed by atoms with Crippen molar-refractivity contribution in [1.82, 2.24) is 0 Å². The lowest BCUT2D eigenvalue weighted by Crippen LogP contribution is -2.25. The molecule has 0 aromatic heterocycles. The highest BCUT2D eigenvalue weighted by molar-refractivity contribution is 6.01. The highest BCUT2D eigenvalue weighted by Gasteiger charge is 2.36. The van der Waals surface area contributed by atoms with Crippen LogP contribution in [0.2, 0.25) is 0 Å². The second-order valence-electron chi connectivity index (χ2n) is 6.21. The maximum atomic E-state index is 4.76. The number of hydrogen-bond acceptors (Lipinski definition) is 1. The smallest absolute Gasteiger partial charge is 0.0673 e. The minimum Gasteiger partial charge on any atom is -0.257 e. The molecule has 98 valence electrons. The van der Waals surface area contributed by atoms with Crippen molar-refractivity contribution in [3.05, 3.63) is 47.1 Å². The maximum Gasteiger partial charge on any atom is 0.0673 e. The molecule has 1 aliphatic carbocycles. The third-order valence-electron chi connectivity index (χ3n) is 4.81. The number of fused-ring (bicyclic) bond motifs is 3. The summed E-state index contributed by atoms with van der Waals surface area (Å²) in [5.41, 5.74) is 9.54. The fraction of sp³-hybridized carbons (Fsp3) is 0.389. The maximum absolute atomic E-state index is 4.76. The normalized spacial score (nSPS) is 19.9. The van der Waals surface area contributed by atoms with E-state index in [0.29, 0.717) is 0 Å². The van der Waals surface area contributed by atoms with Gasteiger partial charge in [0.2, 0.25) is 0 Å². The van der Waals surface area contributed by atoms with E-state index in [-0.39, 0.29) is 5.41 Å². The molecule has 0 saturated carbocycles. The highest BCUT2D eigenvalue weighted by atomic mass is 14.8. The lowest BCUT2D eigenvalue weighted by atomic mass is 9.74. The molecule has 1 aromatic rings. The van der Waals surface area contributed by atoms with Gasteiger partial charge in [0.05, 0.1) is 5.69 Å². The van der Waals surface area contributed by atoms with Crippen LogP contribution in [0.15, 0.2) is 35.4 Å². The molecule has 0 atom stereocenters. The summed E-state index contributed by atoms with van der Waals surface area (Å²) < 4.78 is 0. The van der Waals surface area contributed by atoms with Crippen molar-refractivity contribution in [3.8, 4) is 0 Å². The van der Waals surface area contributed by atoms with E-state index in [1.807, 2.05) is 6.08 Å². The van der Waals surface area contributed by atoms with E-state index in [0.717, 1.165) is 12.8 Å². The molecule has 2 aliphatic rings. The third-order valence-corrected chi connectivity index (χ3v) is 4.81. The Balaban J connectivity index is 2.30. The number of aliphatic imine (C=N–C) groups is 1. The van der Waals surface area contributed by atoms with E-state index < -0.39 is 0 Å². The van der Waals surface area contributed by atoms with Crippen LogP contribution in [0.5, 0.6) is 0 Å². The minimum atomic E-state index is 0.0677. The van der Waals surface area contributed by atoms with Crippen LogP contribution in [0.25, 0.3) is 5.57 Å². The van der Waals surface area contributed by atoms with Crippen molar-refractivity contribution in [1.29, 1.82) is 0 Å². The molecule has 0 N–H and O–H groups in total. The van der Waals surface area contributed by atoms with E-state index in [4.69, 9.17) is 4.99 Å². The van der Waals surface area contributed by atoms with Crippen LogP contribution >= 0.6 is 0 Å². The summed E-state index contributed by atoms with van der Waals surface area (Å²) in [7, 11) is 0. The second kappa shape index (κ2) is 3.93. The molecule has 0 unspecified atom stereocenters. The zero-order chi connectivity index (χ0) is 13.8. The van der Waals surface area contributed by atoms with Gasteiger partial charge in [0, 0.05) is 11.1 Å². The lowest BCUT2D eigenvalue weighted by molar-refractivity contribution is 0.714. The van der Waals surface area contributed by atoms with Crippen LogP contribution in [-0.2, 0) is 11.8 Å². The molecule has 0 spiro atoms. The first kappa shape index (κ1) is 12.4. The van der Waals surface area contributed by atoms with E-state index >= 15 is 0 Å². The fourth-order valence-corrected chi connectivity index (χ4v) is 3.40. The molecule has 0 bridgehead atoms. The molecule has 0 radical (unpaired) electrons. The predicted octanol–water partition coefficient (Wildman–Crippen LogP) is 4.98. The topological polar surface area (TPSA) is 12.4 Å². The molecule has 19 heavy (non-hydrogen) atoms. The van der Waals surface area contributed by atoms with Gasteiger partial charge in [-0.1, -0.05) is 38.1 Å². The summed E-state index contributed by atoms with van der Waals surface area (Å²) in [5, 5.41) is 0. The number of hydrogen-bond donors (Lipinski definition) is 0. The van der Waals surface area contributed by atoms with Gasteiger partial charge >= 0.3 is 0 Å². The van der Waals surface area contributed by atoms with Crippen LogP contribution < -0.4 is 0 Å². The van der Waals surface area contributed by atoms with Crippen molar-refractivity contribution in [2.45, 2.75) is 46.0 Å².